The fraction of sp³-hybridized carbons (Fsp3) is 0. The average Bonchev–Trinajstić information content (AvgIpc) is 3.80. The van der Waals surface area contributed by atoms with Crippen LogP contribution in [0.4, 0.5) is 0 Å². The van der Waals surface area contributed by atoms with Gasteiger partial charge in [0.05, 0.1) is 27.9 Å². The predicted octanol–water partition coefficient (Wildman–Crippen LogP) is 13.3. The number of hydrogen-bond acceptors (Lipinski definition) is 2. The Morgan fingerprint density at radius 3 is 1.70 bits per heavy atom. The maximum absolute atomic E-state index is 5.17. The Bertz CT molecular complexity index is 3160. The van der Waals surface area contributed by atoms with Gasteiger partial charge in [-0.15, -0.1) is 0 Å². The van der Waals surface area contributed by atoms with Crippen LogP contribution in [0.25, 0.3) is 99.9 Å². The van der Waals surface area contributed by atoms with E-state index in [0.717, 1.165) is 56.0 Å². The maximum Gasteiger partial charge on any atom is 0.145 e. The molecule has 56 heavy (non-hydrogen) atoms. The number of benzene rings is 7. The molecule has 11 rings (SSSR count). The van der Waals surface area contributed by atoms with E-state index in [1.165, 1.54) is 43.9 Å². The first kappa shape index (κ1) is 31.9. The van der Waals surface area contributed by atoms with Gasteiger partial charge in [0.2, 0.25) is 0 Å². The van der Waals surface area contributed by atoms with Gasteiger partial charge in [0, 0.05) is 50.2 Å². The lowest BCUT2D eigenvalue weighted by atomic mass is 9.98. The number of rotatable bonds is 6. The largest absolute Gasteiger partial charge is 0.309 e. The smallest absolute Gasteiger partial charge is 0.145 e. The van der Waals surface area contributed by atoms with Gasteiger partial charge in [0.15, 0.2) is 0 Å². The standard InChI is InChI=1S/C52H34N4/c1-4-14-35(15-5-1)39-33-46(36-16-6-2-7-17-36)54-47(34-39)37-25-28-41(29-26-37)56-49-30-27-38(32-45(49)43-22-13-31-53-52(43)56)42-21-12-24-50-51(42)44-20-10-11-23-48(44)55(50)40-18-8-3-9-19-40/h1-34H. The Kier molecular flexibility index (Phi) is 7.46. The second-order valence-electron chi connectivity index (χ2n) is 14.2. The Hall–Kier alpha value is -7.56. The first-order valence-electron chi connectivity index (χ1n) is 19.0. The molecule has 0 bridgehead atoms. The highest BCUT2D eigenvalue weighted by Gasteiger charge is 2.19. The Balaban J connectivity index is 1.04. The van der Waals surface area contributed by atoms with Crippen LogP contribution in [-0.2, 0) is 0 Å². The molecule has 11 aromatic rings. The number of nitrogens with zero attached hydrogens (tertiary/aromatic N) is 4. The molecule has 262 valence electrons. The minimum absolute atomic E-state index is 0.932. The van der Waals surface area contributed by atoms with Gasteiger partial charge in [0.1, 0.15) is 5.65 Å². The van der Waals surface area contributed by atoms with Crippen molar-refractivity contribution in [1.29, 1.82) is 0 Å². The molecule has 0 aliphatic carbocycles. The molecule has 0 N–H and O–H groups in total. The zero-order chi connectivity index (χ0) is 37.0. The minimum atomic E-state index is 0.932. The van der Waals surface area contributed by atoms with Gasteiger partial charge in [-0.1, -0.05) is 127 Å². The van der Waals surface area contributed by atoms with Gasteiger partial charge >= 0.3 is 0 Å². The first-order chi connectivity index (χ1) is 27.8. The zero-order valence-corrected chi connectivity index (χ0v) is 30.4. The van der Waals surface area contributed by atoms with E-state index in [4.69, 9.17) is 9.97 Å². The van der Waals surface area contributed by atoms with E-state index in [2.05, 4.69) is 197 Å². The normalized spacial score (nSPS) is 11.6. The Morgan fingerprint density at radius 1 is 0.339 bits per heavy atom. The second-order valence-corrected chi connectivity index (χ2v) is 14.2. The molecule has 0 fully saturated rings. The molecule has 7 aromatic carbocycles. The van der Waals surface area contributed by atoms with Crippen molar-refractivity contribution in [3.05, 3.63) is 206 Å². The van der Waals surface area contributed by atoms with Crippen LogP contribution in [0.3, 0.4) is 0 Å². The molecule has 0 saturated carbocycles. The molecule has 0 saturated heterocycles. The second kappa shape index (κ2) is 13.1. The van der Waals surface area contributed by atoms with Crippen molar-refractivity contribution < 1.29 is 0 Å². The fourth-order valence-corrected chi connectivity index (χ4v) is 8.40. The van der Waals surface area contributed by atoms with Crippen LogP contribution in [0.2, 0.25) is 0 Å². The molecular weight excluding hydrogens is 681 g/mol. The number of aromatic nitrogens is 4. The summed E-state index contributed by atoms with van der Waals surface area (Å²) in [5.41, 5.74) is 15.4. The van der Waals surface area contributed by atoms with Gasteiger partial charge in [0.25, 0.3) is 0 Å². The zero-order valence-electron chi connectivity index (χ0n) is 30.4. The number of para-hydroxylation sites is 2. The highest BCUT2D eigenvalue weighted by molar-refractivity contribution is 6.17. The maximum atomic E-state index is 5.17. The lowest BCUT2D eigenvalue weighted by molar-refractivity contribution is 1.14. The monoisotopic (exact) mass is 714 g/mol. The van der Waals surface area contributed by atoms with Crippen LogP contribution in [0.5, 0.6) is 0 Å². The van der Waals surface area contributed by atoms with E-state index in [9.17, 15) is 0 Å². The van der Waals surface area contributed by atoms with E-state index >= 15 is 0 Å². The van der Waals surface area contributed by atoms with Gasteiger partial charge in [-0.2, -0.15) is 0 Å². The molecule has 0 amide bonds. The summed E-state index contributed by atoms with van der Waals surface area (Å²) in [5.74, 6) is 0. The van der Waals surface area contributed by atoms with E-state index in [-0.39, 0.29) is 0 Å². The van der Waals surface area contributed by atoms with Crippen LogP contribution in [0.1, 0.15) is 0 Å². The molecular formula is C52H34N4. The summed E-state index contributed by atoms with van der Waals surface area (Å²) in [6.45, 7) is 0. The highest BCUT2D eigenvalue weighted by atomic mass is 15.0. The van der Waals surface area contributed by atoms with Crippen molar-refractivity contribution in [1.82, 2.24) is 19.1 Å². The third kappa shape index (κ3) is 5.23. The Morgan fingerprint density at radius 2 is 0.929 bits per heavy atom. The van der Waals surface area contributed by atoms with Gasteiger partial charge < -0.3 is 4.57 Å². The molecule has 0 spiro atoms. The lowest BCUT2D eigenvalue weighted by Crippen LogP contribution is -1.96. The van der Waals surface area contributed by atoms with Crippen molar-refractivity contribution in [2.45, 2.75) is 0 Å². The third-order valence-corrected chi connectivity index (χ3v) is 11.0. The van der Waals surface area contributed by atoms with Crippen molar-refractivity contribution in [3.63, 3.8) is 0 Å². The summed E-state index contributed by atoms with van der Waals surface area (Å²) >= 11 is 0. The van der Waals surface area contributed by atoms with Crippen LogP contribution < -0.4 is 0 Å². The van der Waals surface area contributed by atoms with Crippen LogP contribution >= 0.6 is 0 Å². The SMILES string of the molecule is c1ccc(-c2cc(-c3ccccc3)nc(-c3ccc(-n4c5ccc(-c6cccc7c6c6ccccc6n7-c6ccccc6)cc5c5cccnc54)cc3)c2)cc1. The Labute approximate surface area is 324 Å². The molecule has 0 aliphatic rings. The third-order valence-electron chi connectivity index (χ3n) is 11.0. The molecule has 0 radical (unpaired) electrons. The predicted molar refractivity (Wildman–Crippen MR) is 232 cm³/mol. The number of fused-ring (bicyclic) bond motifs is 6. The van der Waals surface area contributed by atoms with E-state index in [0.29, 0.717) is 0 Å². The van der Waals surface area contributed by atoms with Gasteiger partial charge in [-0.05, 0) is 95.1 Å². The summed E-state index contributed by atoms with van der Waals surface area (Å²) in [5, 5.41) is 4.79. The van der Waals surface area contributed by atoms with Crippen molar-refractivity contribution >= 4 is 43.7 Å². The van der Waals surface area contributed by atoms with Gasteiger partial charge in [-0.25, -0.2) is 9.97 Å². The molecule has 0 aliphatic heterocycles. The van der Waals surface area contributed by atoms with Crippen molar-refractivity contribution in [3.8, 4) is 56.1 Å². The summed E-state index contributed by atoms with van der Waals surface area (Å²) in [6.07, 6.45) is 1.89. The molecule has 4 heterocycles. The molecule has 4 nitrogen and oxygen atoms in total. The average molecular weight is 715 g/mol. The van der Waals surface area contributed by atoms with E-state index in [1.807, 2.05) is 18.3 Å². The molecule has 0 unspecified atom stereocenters. The summed E-state index contributed by atoms with van der Waals surface area (Å²) in [7, 11) is 0. The fourth-order valence-electron chi connectivity index (χ4n) is 8.40. The molecule has 4 aromatic heterocycles. The lowest BCUT2D eigenvalue weighted by Gasteiger charge is -2.12. The van der Waals surface area contributed by atoms with Crippen LogP contribution in [0, 0.1) is 0 Å². The number of hydrogen-bond donors (Lipinski definition) is 0. The molecule has 4 heteroatoms. The minimum Gasteiger partial charge on any atom is -0.309 e. The van der Waals surface area contributed by atoms with E-state index in [1.54, 1.807) is 0 Å². The highest BCUT2D eigenvalue weighted by Crippen LogP contribution is 2.41. The molecule has 0 atom stereocenters. The summed E-state index contributed by atoms with van der Waals surface area (Å²) in [4.78, 5) is 10.1. The van der Waals surface area contributed by atoms with Crippen LogP contribution in [0.15, 0.2) is 206 Å². The topological polar surface area (TPSA) is 35.6 Å². The first-order valence-corrected chi connectivity index (χ1v) is 19.0. The quantitative estimate of drug-likeness (QED) is 0.172. The van der Waals surface area contributed by atoms with Gasteiger partial charge in [-0.3, -0.25) is 4.57 Å². The van der Waals surface area contributed by atoms with Crippen molar-refractivity contribution in [2.75, 3.05) is 0 Å². The van der Waals surface area contributed by atoms with E-state index < -0.39 is 0 Å². The van der Waals surface area contributed by atoms with Crippen molar-refractivity contribution in [2.24, 2.45) is 0 Å². The summed E-state index contributed by atoms with van der Waals surface area (Å²) in [6, 6.07) is 71.2. The number of pyridine rings is 2. The van der Waals surface area contributed by atoms with Crippen LogP contribution in [-0.4, -0.2) is 19.1 Å². The summed E-state index contributed by atoms with van der Waals surface area (Å²) < 4.78 is 4.66.